The number of anilines is 1. The molecule has 1 aromatic rings. The van der Waals surface area contributed by atoms with E-state index in [2.05, 4.69) is 5.32 Å². The summed E-state index contributed by atoms with van der Waals surface area (Å²) in [6.07, 6.45) is -0.122. The predicted molar refractivity (Wildman–Crippen MR) is 79.6 cm³/mol. The van der Waals surface area contributed by atoms with Crippen LogP contribution in [0.25, 0.3) is 0 Å². The van der Waals surface area contributed by atoms with E-state index in [1.807, 2.05) is 0 Å². The maximum absolute atomic E-state index is 12.1. The van der Waals surface area contributed by atoms with Gasteiger partial charge in [0.25, 0.3) is 5.91 Å². The summed E-state index contributed by atoms with van der Waals surface area (Å²) in [6.45, 7) is 3.44. The normalized spacial score (nSPS) is 18.5. The fourth-order valence-corrected chi connectivity index (χ4v) is 2.20. The number of benzene rings is 1. The van der Waals surface area contributed by atoms with E-state index in [0.717, 1.165) is 6.42 Å². The molecule has 6 heteroatoms. The minimum atomic E-state index is -0.961. The number of rotatable bonds is 5. The Labute approximate surface area is 128 Å². The summed E-state index contributed by atoms with van der Waals surface area (Å²) in [4.78, 5) is 35.4. The number of nitrogens with one attached hydrogen (secondary N) is 1. The molecule has 1 fully saturated rings. The standard InChI is InChI=1S/C16H19NO5/c1-10(18)12-6-3-4-7-13(12)17-15(19)11(2)22-16(20)14-8-5-9-21-14/h3-4,6-7,11,14H,5,8-9H2,1-2H3,(H,17,19)/t11-,14+/m1/s1. The molecule has 0 radical (unpaired) electrons. The molecule has 6 nitrogen and oxygen atoms in total. The summed E-state index contributed by atoms with van der Waals surface area (Å²) < 4.78 is 10.3. The van der Waals surface area contributed by atoms with Crippen molar-refractivity contribution in [3.63, 3.8) is 0 Å². The Morgan fingerprint density at radius 2 is 2.05 bits per heavy atom. The fraction of sp³-hybridized carbons (Fsp3) is 0.438. The number of amides is 1. The average molecular weight is 305 g/mol. The lowest BCUT2D eigenvalue weighted by Gasteiger charge is -2.16. The molecular formula is C16H19NO5. The van der Waals surface area contributed by atoms with Gasteiger partial charge >= 0.3 is 5.97 Å². The first-order valence-electron chi connectivity index (χ1n) is 7.22. The second kappa shape index (κ2) is 7.17. The molecule has 118 valence electrons. The van der Waals surface area contributed by atoms with E-state index in [1.54, 1.807) is 24.3 Å². The number of ketones is 1. The van der Waals surface area contributed by atoms with Crippen LogP contribution in [0.1, 0.15) is 37.0 Å². The van der Waals surface area contributed by atoms with Crippen molar-refractivity contribution in [1.29, 1.82) is 0 Å². The van der Waals surface area contributed by atoms with Crippen molar-refractivity contribution in [3.05, 3.63) is 29.8 Å². The number of carbonyl (C=O) groups is 3. The van der Waals surface area contributed by atoms with E-state index in [9.17, 15) is 14.4 Å². The lowest BCUT2D eigenvalue weighted by atomic mass is 10.1. The molecule has 1 aromatic carbocycles. The van der Waals surface area contributed by atoms with Crippen LogP contribution in [0.4, 0.5) is 5.69 Å². The van der Waals surface area contributed by atoms with Crippen molar-refractivity contribution >= 4 is 23.3 Å². The minimum absolute atomic E-state index is 0.153. The van der Waals surface area contributed by atoms with Crippen LogP contribution in [-0.2, 0) is 19.1 Å². The highest BCUT2D eigenvalue weighted by molar-refractivity contribution is 6.04. The molecule has 0 aliphatic carbocycles. The first kappa shape index (κ1) is 16.2. The van der Waals surface area contributed by atoms with Crippen LogP contribution in [0.15, 0.2) is 24.3 Å². The topological polar surface area (TPSA) is 81.7 Å². The molecule has 2 rings (SSSR count). The quantitative estimate of drug-likeness (QED) is 0.664. The Kier molecular flexibility index (Phi) is 5.27. The van der Waals surface area contributed by atoms with Crippen molar-refractivity contribution < 1.29 is 23.9 Å². The Bertz CT molecular complexity index is 578. The Morgan fingerprint density at radius 3 is 2.68 bits per heavy atom. The van der Waals surface area contributed by atoms with Gasteiger partial charge in [0.1, 0.15) is 0 Å². The van der Waals surface area contributed by atoms with Gasteiger partial charge in [0.15, 0.2) is 18.0 Å². The second-order valence-corrected chi connectivity index (χ2v) is 5.17. The number of hydrogen-bond donors (Lipinski definition) is 1. The van der Waals surface area contributed by atoms with Crippen molar-refractivity contribution in [2.45, 2.75) is 38.9 Å². The zero-order chi connectivity index (χ0) is 16.1. The number of carbonyl (C=O) groups excluding carboxylic acids is 3. The van der Waals surface area contributed by atoms with Gasteiger partial charge in [0, 0.05) is 12.2 Å². The molecule has 1 aliphatic rings. The second-order valence-electron chi connectivity index (χ2n) is 5.17. The largest absolute Gasteiger partial charge is 0.451 e. The molecule has 0 aromatic heterocycles. The summed E-state index contributed by atoms with van der Waals surface area (Å²) >= 11 is 0. The van der Waals surface area contributed by atoms with E-state index in [1.165, 1.54) is 13.8 Å². The Hall–Kier alpha value is -2.21. The summed E-state index contributed by atoms with van der Waals surface area (Å²) in [6, 6.07) is 6.68. The number of esters is 1. The van der Waals surface area contributed by atoms with Gasteiger partial charge in [-0.3, -0.25) is 9.59 Å². The van der Waals surface area contributed by atoms with Crippen LogP contribution >= 0.6 is 0 Å². The van der Waals surface area contributed by atoms with Gasteiger partial charge in [-0.25, -0.2) is 4.79 Å². The van der Waals surface area contributed by atoms with Crippen molar-refractivity contribution in [2.75, 3.05) is 11.9 Å². The molecule has 1 amide bonds. The fourth-order valence-electron chi connectivity index (χ4n) is 2.20. The third-order valence-electron chi connectivity index (χ3n) is 3.42. The summed E-state index contributed by atoms with van der Waals surface area (Å²) in [5.41, 5.74) is 0.813. The summed E-state index contributed by atoms with van der Waals surface area (Å²) in [7, 11) is 0. The van der Waals surface area contributed by atoms with Crippen LogP contribution in [-0.4, -0.2) is 36.5 Å². The van der Waals surface area contributed by atoms with E-state index in [0.29, 0.717) is 24.3 Å². The number of hydrogen-bond acceptors (Lipinski definition) is 5. The van der Waals surface area contributed by atoms with Gasteiger partial charge in [0.05, 0.1) is 5.69 Å². The molecule has 0 bridgehead atoms. The molecule has 1 aliphatic heterocycles. The molecule has 1 heterocycles. The van der Waals surface area contributed by atoms with Gasteiger partial charge in [0.2, 0.25) is 0 Å². The van der Waals surface area contributed by atoms with E-state index in [-0.39, 0.29) is 5.78 Å². The molecule has 1 saturated heterocycles. The van der Waals surface area contributed by atoms with Crippen molar-refractivity contribution in [2.24, 2.45) is 0 Å². The van der Waals surface area contributed by atoms with Gasteiger partial charge in [-0.1, -0.05) is 12.1 Å². The number of Topliss-reactive ketones (excluding diaryl/α,β-unsaturated/α-hetero) is 1. The number of ether oxygens (including phenoxy) is 2. The number of para-hydroxylation sites is 1. The predicted octanol–water partition coefficient (Wildman–Crippen LogP) is 1.94. The maximum Gasteiger partial charge on any atom is 0.336 e. The average Bonchev–Trinajstić information content (AvgIpc) is 3.01. The maximum atomic E-state index is 12.1. The lowest BCUT2D eigenvalue weighted by molar-refractivity contribution is -0.162. The monoisotopic (exact) mass is 305 g/mol. The highest BCUT2D eigenvalue weighted by atomic mass is 16.6. The molecule has 22 heavy (non-hydrogen) atoms. The van der Waals surface area contributed by atoms with E-state index in [4.69, 9.17) is 9.47 Å². The van der Waals surface area contributed by atoms with Crippen LogP contribution in [0.2, 0.25) is 0 Å². The van der Waals surface area contributed by atoms with Crippen LogP contribution in [0.3, 0.4) is 0 Å². The molecule has 0 spiro atoms. The van der Waals surface area contributed by atoms with E-state index >= 15 is 0 Å². The van der Waals surface area contributed by atoms with Crippen LogP contribution < -0.4 is 5.32 Å². The highest BCUT2D eigenvalue weighted by Crippen LogP contribution is 2.17. The van der Waals surface area contributed by atoms with Crippen LogP contribution in [0.5, 0.6) is 0 Å². The first-order valence-corrected chi connectivity index (χ1v) is 7.22. The zero-order valence-corrected chi connectivity index (χ0v) is 12.6. The van der Waals surface area contributed by atoms with Gasteiger partial charge in [-0.15, -0.1) is 0 Å². The molecular weight excluding hydrogens is 286 g/mol. The lowest BCUT2D eigenvalue weighted by Crippen LogP contribution is -2.34. The molecule has 0 saturated carbocycles. The Morgan fingerprint density at radius 1 is 1.32 bits per heavy atom. The summed E-state index contributed by atoms with van der Waals surface area (Å²) in [5.74, 6) is -1.17. The van der Waals surface area contributed by atoms with Crippen molar-refractivity contribution in [1.82, 2.24) is 0 Å². The highest BCUT2D eigenvalue weighted by Gasteiger charge is 2.28. The third-order valence-corrected chi connectivity index (χ3v) is 3.42. The van der Waals surface area contributed by atoms with Gasteiger partial charge < -0.3 is 14.8 Å². The smallest absolute Gasteiger partial charge is 0.336 e. The minimum Gasteiger partial charge on any atom is -0.451 e. The van der Waals surface area contributed by atoms with E-state index < -0.39 is 24.1 Å². The van der Waals surface area contributed by atoms with Crippen molar-refractivity contribution in [3.8, 4) is 0 Å². The first-order chi connectivity index (χ1) is 10.5. The third kappa shape index (κ3) is 3.92. The molecule has 1 N–H and O–H groups in total. The SMILES string of the molecule is CC(=O)c1ccccc1NC(=O)[C@@H](C)OC(=O)[C@@H]1CCCO1. The molecule has 0 unspecified atom stereocenters. The molecule has 2 atom stereocenters. The summed E-state index contributed by atoms with van der Waals surface area (Å²) in [5, 5.41) is 2.61. The zero-order valence-electron chi connectivity index (χ0n) is 12.6. The van der Waals surface area contributed by atoms with Crippen LogP contribution in [0, 0.1) is 0 Å². The van der Waals surface area contributed by atoms with Gasteiger partial charge in [-0.2, -0.15) is 0 Å². The van der Waals surface area contributed by atoms with Gasteiger partial charge in [-0.05, 0) is 38.8 Å². The Balaban J connectivity index is 1.96.